The van der Waals surface area contributed by atoms with Crippen molar-refractivity contribution in [2.24, 2.45) is 0 Å². The molecule has 0 saturated heterocycles. The first kappa shape index (κ1) is 22.0. The van der Waals surface area contributed by atoms with Crippen molar-refractivity contribution in [3.05, 3.63) is 66.2 Å². The van der Waals surface area contributed by atoms with Crippen molar-refractivity contribution in [1.82, 2.24) is 4.98 Å². The maximum absolute atomic E-state index is 12.8. The molecule has 3 aromatic carbocycles. The summed E-state index contributed by atoms with van der Waals surface area (Å²) < 4.78 is 45.2. The zero-order valence-electron chi connectivity index (χ0n) is 17.9. The molecule has 2 N–H and O–H groups in total. The molecule has 1 amide bonds. The Morgan fingerprint density at radius 2 is 1.74 bits per heavy atom. The molecule has 4 aromatic rings. The number of fused-ring (bicyclic) bond motifs is 2. The van der Waals surface area contributed by atoms with Crippen LogP contribution in [-0.2, 0) is 10.0 Å². The molecule has 1 aliphatic heterocycles. The van der Waals surface area contributed by atoms with Gasteiger partial charge in [0, 0.05) is 17.7 Å². The number of hydrogen-bond donors (Lipinski definition) is 2. The molecular weight excluding hydrogens is 478 g/mol. The van der Waals surface area contributed by atoms with Gasteiger partial charge >= 0.3 is 0 Å². The molecule has 1 aliphatic rings. The van der Waals surface area contributed by atoms with Crippen molar-refractivity contribution < 1.29 is 27.4 Å². The number of amides is 1. The fourth-order valence-corrected chi connectivity index (χ4v) is 5.35. The molecule has 0 bridgehead atoms. The third-order valence-corrected chi connectivity index (χ3v) is 7.37. The van der Waals surface area contributed by atoms with Gasteiger partial charge < -0.3 is 14.2 Å². The lowest BCUT2D eigenvalue weighted by atomic mass is 10.2. The minimum atomic E-state index is -3.87. The Balaban J connectivity index is 1.31. The minimum Gasteiger partial charge on any atom is -0.495 e. The van der Waals surface area contributed by atoms with Gasteiger partial charge in [-0.2, -0.15) is 0 Å². The molecule has 1 aromatic heterocycles. The van der Waals surface area contributed by atoms with Crippen LogP contribution in [0.5, 0.6) is 17.2 Å². The van der Waals surface area contributed by atoms with Crippen LogP contribution in [-0.4, -0.2) is 39.6 Å². The van der Waals surface area contributed by atoms with Crippen molar-refractivity contribution in [3.63, 3.8) is 0 Å². The SMILES string of the molecule is COc1ccccc1NS(=O)(=O)c1ccc(C(=O)Nc2nc3cc4c(cc3s2)OCCO4)cc1. The van der Waals surface area contributed by atoms with E-state index in [9.17, 15) is 13.2 Å². The number of ether oxygens (including phenoxy) is 3. The molecule has 174 valence electrons. The molecule has 11 heteroatoms. The van der Waals surface area contributed by atoms with Gasteiger partial charge in [-0.15, -0.1) is 0 Å². The van der Waals surface area contributed by atoms with Gasteiger partial charge in [-0.3, -0.25) is 14.8 Å². The lowest BCUT2D eigenvalue weighted by Gasteiger charge is -2.17. The summed E-state index contributed by atoms with van der Waals surface area (Å²) in [4.78, 5) is 17.2. The molecule has 0 fully saturated rings. The second kappa shape index (κ2) is 8.84. The summed E-state index contributed by atoms with van der Waals surface area (Å²) >= 11 is 1.31. The van der Waals surface area contributed by atoms with Crippen LogP contribution >= 0.6 is 11.3 Å². The molecule has 2 heterocycles. The summed E-state index contributed by atoms with van der Waals surface area (Å²) in [6, 6.07) is 15.9. The number of rotatable bonds is 6. The molecule has 0 aliphatic carbocycles. The zero-order valence-corrected chi connectivity index (χ0v) is 19.5. The van der Waals surface area contributed by atoms with Gasteiger partial charge in [-0.05, 0) is 36.4 Å². The first-order valence-electron chi connectivity index (χ1n) is 10.2. The number of aromatic nitrogens is 1. The van der Waals surface area contributed by atoms with Crippen molar-refractivity contribution in [1.29, 1.82) is 0 Å². The third-order valence-electron chi connectivity index (χ3n) is 5.05. The molecule has 9 nitrogen and oxygen atoms in total. The van der Waals surface area contributed by atoms with E-state index in [4.69, 9.17) is 14.2 Å². The Labute approximate surface area is 199 Å². The Bertz CT molecular complexity index is 1440. The Morgan fingerprint density at radius 3 is 2.47 bits per heavy atom. The summed E-state index contributed by atoms with van der Waals surface area (Å²) in [6.45, 7) is 0.966. The molecule has 0 unspecified atom stereocenters. The monoisotopic (exact) mass is 497 g/mol. The van der Waals surface area contributed by atoms with Crippen LogP contribution in [0, 0.1) is 0 Å². The number of sulfonamides is 1. The van der Waals surface area contributed by atoms with Gasteiger partial charge in [0.05, 0.1) is 27.9 Å². The van der Waals surface area contributed by atoms with Crippen LogP contribution in [0.15, 0.2) is 65.6 Å². The van der Waals surface area contributed by atoms with Crippen molar-refractivity contribution in [3.8, 4) is 17.2 Å². The molecule has 34 heavy (non-hydrogen) atoms. The number of methoxy groups -OCH3 is 1. The molecule has 5 rings (SSSR count). The van der Waals surface area contributed by atoms with E-state index in [0.717, 1.165) is 4.70 Å². The summed E-state index contributed by atoms with van der Waals surface area (Å²) in [5.41, 5.74) is 1.30. The van der Waals surface area contributed by atoms with Crippen LogP contribution < -0.4 is 24.2 Å². The fraction of sp³-hybridized carbons (Fsp3) is 0.130. The Morgan fingerprint density at radius 1 is 1.03 bits per heavy atom. The average molecular weight is 498 g/mol. The maximum atomic E-state index is 12.8. The van der Waals surface area contributed by atoms with Gasteiger partial charge in [0.25, 0.3) is 15.9 Å². The highest BCUT2D eigenvalue weighted by Crippen LogP contribution is 2.38. The average Bonchev–Trinajstić information content (AvgIpc) is 3.23. The highest BCUT2D eigenvalue weighted by atomic mass is 32.2. The van der Waals surface area contributed by atoms with Crippen LogP contribution in [0.4, 0.5) is 10.8 Å². The predicted molar refractivity (Wildman–Crippen MR) is 129 cm³/mol. The number of nitrogens with zero attached hydrogens (tertiary/aromatic N) is 1. The minimum absolute atomic E-state index is 0.0144. The number of hydrogen-bond acceptors (Lipinski definition) is 8. The molecular formula is C23H19N3O6S2. The summed E-state index contributed by atoms with van der Waals surface area (Å²) in [5, 5.41) is 3.17. The first-order chi connectivity index (χ1) is 16.4. The van der Waals surface area contributed by atoms with Gasteiger partial charge in [0.2, 0.25) is 0 Å². The number of carbonyl (C=O) groups is 1. The van der Waals surface area contributed by atoms with Gasteiger partial charge in [0.1, 0.15) is 19.0 Å². The van der Waals surface area contributed by atoms with E-state index >= 15 is 0 Å². The highest BCUT2D eigenvalue weighted by Gasteiger charge is 2.19. The van der Waals surface area contributed by atoms with Gasteiger partial charge in [-0.25, -0.2) is 13.4 Å². The van der Waals surface area contributed by atoms with Gasteiger partial charge in [0.15, 0.2) is 16.6 Å². The quantitative estimate of drug-likeness (QED) is 0.411. The second-order valence-electron chi connectivity index (χ2n) is 7.27. The lowest BCUT2D eigenvalue weighted by Crippen LogP contribution is -2.15. The number of anilines is 2. The lowest BCUT2D eigenvalue weighted by molar-refractivity contribution is 0.102. The van der Waals surface area contributed by atoms with Crippen LogP contribution in [0.3, 0.4) is 0 Å². The zero-order chi connectivity index (χ0) is 23.7. The third kappa shape index (κ3) is 4.35. The number of thiazole rings is 1. The molecule has 0 radical (unpaired) electrons. The number of carbonyl (C=O) groups excluding carboxylic acids is 1. The van der Waals surface area contributed by atoms with Crippen molar-refractivity contribution >= 4 is 48.3 Å². The number of nitrogens with one attached hydrogen (secondary N) is 2. The van der Waals surface area contributed by atoms with E-state index in [0.29, 0.717) is 52.4 Å². The van der Waals surface area contributed by atoms with E-state index in [-0.39, 0.29) is 4.90 Å². The largest absolute Gasteiger partial charge is 0.495 e. The molecule has 0 saturated carbocycles. The van der Waals surface area contributed by atoms with Crippen molar-refractivity contribution in [2.75, 3.05) is 30.4 Å². The summed E-state index contributed by atoms with van der Waals surface area (Å²) in [5.74, 6) is 1.27. The van der Waals surface area contributed by atoms with E-state index in [1.807, 2.05) is 6.07 Å². The first-order valence-corrected chi connectivity index (χ1v) is 12.5. The topological polar surface area (TPSA) is 116 Å². The Kier molecular flexibility index (Phi) is 5.72. The summed E-state index contributed by atoms with van der Waals surface area (Å²) in [7, 11) is -2.41. The van der Waals surface area contributed by atoms with Crippen molar-refractivity contribution in [2.45, 2.75) is 4.90 Å². The predicted octanol–water partition coefficient (Wildman–Crippen LogP) is 4.13. The van der Waals surface area contributed by atoms with E-state index in [1.165, 1.54) is 42.7 Å². The maximum Gasteiger partial charge on any atom is 0.262 e. The fourth-order valence-electron chi connectivity index (χ4n) is 3.41. The standard InChI is InChI=1S/C23H19N3O6S2/c1-30-18-5-3-2-4-16(18)26-34(28,29)15-8-6-14(7-9-15)22(27)25-23-24-17-12-19-20(13-21(17)33-23)32-11-10-31-19/h2-9,12-13,26H,10-11H2,1H3,(H,24,25,27). The van der Waals surface area contributed by atoms with E-state index in [1.54, 1.807) is 30.3 Å². The molecule has 0 atom stereocenters. The van der Waals surface area contributed by atoms with E-state index < -0.39 is 15.9 Å². The van der Waals surface area contributed by atoms with Crippen LogP contribution in [0.1, 0.15) is 10.4 Å². The number of benzene rings is 3. The summed E-state index contributed by atoms with van der Waals surface area (Å²) in [6.07, 6.45) is 0. The van der Waals surface area contributed by atoms with Gasteiger partial charge in [-0.1, -0.05) is 23.5 Å². The van der Waals surface area contributed by atoms with Crippen LogP contribution in [0.2, 0.25) is 0 Å². The Hall–Kier alpha value is -3.83. The second-order valence-corrected chi connectivity index (χ2v) is 9.98. The van der Waals surface area contributed by atoms with E-state index in [2.05, 4.69) is 15.0 Å². The molecule has 0 spiro atoms. The van der Waals surface area contributed by atoms with Crippen LogP contribution in [0.25, 0.3) is 10.2 Å². The number of para-hydroxylation sites is 2. The highest BCUT2D eigenvalue weighted by molar-refractivity contribution is 7.92. The smallest absolute Gasteiger partial charge is 0.262 e. The normalized spacial score (nSPS) is 12.9.